The predicted octanol–water partition coefficient (Wildman–Crippen LogP) is 4.18. The monoisotopic (exact) mass is 444 g/mol. The molecule has 2 fully saturated rings. The van der Waals surface area contributed by atoms with Crippen LogP contribution in [-0.4, -0.2) is 43.7 Å². The van der Waals surface area contributed by atoms with Crippen LogP contribution in [0.4, 0.5) is 9.18 Å². The van der Waals surface area contributed by atoms with Crippen molar-refractivity contribution < 1.29 is 18.8 Å². The Labute approximate surface area is 164 Å². The minimum Gasteiger partial charge on any atom is -0.591 e. The minimum absolute atomic E-state index is 0.180. The van der Waals surface area contributed by atoms with Gasteiger partial charge in [-0.3, -0.25) is 4.90 Å². The summed E-state index contributed by atoms with van der Waals surface area (Å²) < 4.78 is 31.3. The van der Waals surface area contributed by atoms with Gasteiger partial charge in [-0.2, -0.15) is 0 Å². The summed E-state index contributed by atoms with van der Waals surface area (Å²) in [5.74, 6) is -0.397. The Bertz CT molecular complexity index is 761. The Kier molecular flexibility index (Phi) is 5.13. The van der Waals surface area contributed by atoms with Crippen molar-refractivity contribution in [1.82, 2.24) is 4.90 Å². The number of carboxylic acid groups (broad SMARTS) is 1. The summed E-state index contributed by atoms with van der Waals surface area (Å²) in [6.45, 7) is 5.84. The molecule has 1 amide bonds. The van der Waals surface area contributed by atoms with E-state index in [9.17, 15) is 18.8 Å². The second-order valence-electron chi connectivity index (χ2n) is 7.96. The first-order chi connectivity index (χ1) is 12.0. The van der Waals surface area contributed by atoms with Crippen molar-refractivity contribution in [2.24, 2.45) is 9.81 Å². The normalized spacial score (nSPS) is 24.3. The molecule has 1 aliphatic heterocycles. The van der Waals surface area contributed by atoms with Gasteiger partial charge in [0.2, 0.25) is 0 Å². The number of carbonyl (C=O) groups is 1. The van der Waals surface area contributed by atoms with E-state index >= 15 is 0 Å². The fourth-order valence-corrected chi connectivity index (χ4v) is 4.46. The van der Waals surface area contributed by atoms with Crippen LogP contribution in [0.25, 0.3) is 0 Å². The third kappa shape index (κ3) is 3.64. The van der Waals surface area contributed by atoms with E-state index in [0.29, 0.717) is 22.3 Å². The molecule has 3 rings (SSSR count). The quantitative estimate of drug-likeness (QED) is 0.710. The number of hydrogen-bond acceptors (Lipinski definition) is 3. The predicted molar refractivity (Wildman–Crippen MR) is 103 cm³/mol. The number of amides is 1. The number of hydrogen-bond donors (Lipinski definition) is 1. The molecule has 1 saturated carbocycles. The molecule has 1 saturated heterocycles. The van der Waals surface area contributed by atoms with Crippen LogP contribution in [0.15, 0.2) is 27.1 Å². The van der Waals surface area contributed by atoms with E-state index in [1.54, 1.807) is 18.2 Å². The van der Waals surface area contributed by atoms with Gasteiger partial charge in [0.25, 0.3) is 0 Å². The molecule has 0 aromatic heterocycles. The van der Waals surface area contributed by atoms with Gasteiger partial charge in [-0.15, -0.1) is 0 Å². The SMILES string of the molecule is CC(C)(C)[S@@+]([O-])/N=C1\C(Cc2cccc(Br)c2F)N(C(=O)O)CC12CC2. The van der Waals surface area contributed by atoms with Crippen LogP contribution >= 0.6 is 15.9 Å². The van der Waals surface area contributed by atoms with Crippen molar-refractivity contribution in [3.05, 3.63) is 34.1 Å². The lowest BCUT2D eigenvalue weighted by molar-refractivity contribution is 0.141. The Hall–Kier alpha value is -1.12. The van der Waals surface area contributed by atoms with Crippen LogP contribution in [0.5, 0.6) is 0 Å². The van der Waals surface area contributed by atoms with Crippen molar-refractivity contribution >= 4 is 39.1 Å². The molecule has 5 nitrogen and oxygen atoms in total. The van der Waals surface area contributed by atoms with Crippen LogP contribution < -0.4 is 0 Å². The van der Waals surface area contributed by atoms with Gasteiger partial charge in [0, 0.05) is 18.4 Å². The first kappa shape index (κ1) is 19.6. The molecular formula is C18H22BrFN2O3S. The first-order valence-corrected chi connectivity index (χ1v) is 10.4. The molecule has 26 heavy (non-hydrogen) atoms. The first-order valence-electron chi connectivity index (χ1n) is 8.49. The summed E-state index contributed by atoms with van der Waals surface area (Å²) in [7, 11) is 0. The molecule has 1 heterocycles. The second-order valence-corrected chi connectivity index (χ2v) is 10.7. The zero-order valence-corrected chi connectivity index (χ0v) is 17.4. The number of rotatable bonds is 3. The van der Waals surface area contributed by atoms with E-state index in [-0.39, 0.29) is 11.8 Å². The van der Waals surface area contributed by atoms with Gasteiger partial charge in [0.1, 0.15) is 21.9 Å². The zero-order chi connectivity index (χ0) is 19.3. The van der Waals surface area contributed by atoms with Gasteiger partial charge in [-0.05, 0) is 61.2 Å². The lowest BCUT2D eigenvalue weighted by atomic mass is 9.95. The largest absolute Gasteiger partial charge is 0.591 e. The highest BCUT2D eigenvalue weighted by atomic mass is 79.9. The third-order valence-electron chi connectivity index (χ3n) is 4.96. The molecule has 1 aliphatic carbocycles. The van der Waals surface area contributed by atoms with Crippen LogP contribution in [0.1, 0.15) is 39.2 Å². The molecule has 0 radical (unpaired) electrons. The van der Waals surface area contributed by atoms with Crippen molar-refractivity contribution in [1.29, 1.82) is 0 Å². The van der Waals surface area contributed by atoms with Gasteiger partial charge in [0.05, 0.1) is 16.2 Å². The summed E-state index contributed by atoms with van der Waals surface area (Å²) in [5.41, 5.74) is 0.738. The van der Waals surface area contributed by atoms with Crippen LogP contribution in [-0.2, 0) is 17.8 Å². The number of halogens is 2. The molecule has 1 spiro atoms. The Morgan fingerprint density at radius 2 is 2.15 bits per heavy atom. The fraction of sp³-hybridized carbons (Fsp3) is 0.556. The Morgan fingerprint density at radius 1 is 1.50 bits per heavy atom. The fourth-order valence-electron chi connectivity index (χ4n) is 3.29. The minimum atomic E-state index is -1.49. The van der Waals surface area contributed by atoms with E-state index in [4.69, 9.17) is 0 Å². The molecule has 1 N–H and O–H groups in total. The number of nitrogens with zero attached hydrogens (tertiary/aromatic N) is 2. The lowest BCUT2D eigenvalue weighted by Gasteiger charge is -2.23. The van der Waals surface area contributed by atoms with Crippen LogP contribution in [0.3, 0.4) is 0 Å². The van der Waals surface area contributed by atoms with Crippen LogP contribution in [0.2, 0.25) is 0 Å². The average Bonchev–Trinajstić information content (AvgIpc) is 3.25. The summed E-state index contributed by atoms with van der Waals surface area (Å²) in [6.07, 6.45) is 0.783. The zero-order valence-electron chi connectivity index (χ0n) is 15.0. The van der Waals surface area contributed by atoms with E-state index in [1.807, 2.05) is 20.8 Å². The van der Waals surface area contributed by atoms with Gasteiger partial charge in [-0.25, -0.2) is 9.18 Å². The lowest BCUT2D eigenvalue weighted by Crippen LogP contribution is -2.39. The molecule has 1 aromatic rings. The molecule has 8 heteroatoms. The topological polar surface area (TPSA) is 76.0 Å². The van der Waals surface area contributed by atoms with Gasteiger partial charge in [0.15, 0.2) is 0 Å². The summed E-state index contributed by atoms with van der Waals surface area (Å²) in [4.78, 5) is 13.1. The van der Waals surface area contributed by atoms with Gasteiger partial charge in [-0.1, -0.05) is 16.5 Å². The van der Waals surface area contributed by atoms with Crippen LogP contribution in [0, 0.1) is 11.2 Å². The maximum absolute atomic E-state index is 14.5. The second kappa shape index (κ2) is 6.80. The molecule has 142 valence electrons. The smallest absolute Gasteiger partial charge is 0.407 e. The summed E-state index contributed by atoms with van der Waals surface area (Å²) in [5, 5.41) is 9.65. The maximum atomic E-state index is 14.5. The molecule has 2 aliphatic rings. The Balaban J connectivity index is 2.00. The van der Waals surface area contributed by atoms with E-state index in [2.05, 4.69) is 20.3 Å². The number of likely N-dealkylation sites (tertiary alicyclic amines) is 1. The summed E-state index contributed by atoms with van der Waals surface area (Å²) >= 11 is 1.69. The van der Waals surface area contributed by atoms with Gasteiger partial charge < -0.3 is 9.66 Å². The van der Waals surface area contributed by atoms with E-state index in [1.165, 1.54) is 4.90 Å². The third-order valence-corrected chi connectivity index (χ3v) is 6.98. The Morgan fingerprint density at radius 3 is 2.69 bits per heavy atom. The van der Waals surface area contributed by atoms with E-state index in [0.717, 1.165) is 12.8 Å². The summed E-state index contributed by atoms with van der Waals surface area (Å²) in [6, 6.07) is 4.38. The highest BCUT2D eigenvalue weighted by Crippen LogP contribution is 2.54. The van der Waals surface area contributed by atoms with Crippen molar-refractivity contribution in [3.63, 3.8) is 0 Å². The molecule has 0 bridgehead atoms. The van der Waals surface area contributed by atoms with Crippen molar-refractivity contribution in [2.45, 2.75) is 50.8 Å². The molecule has 2 atom stereocenters. The van der Waals surface area contributed by atoms with Crippen molar-refractivity contribution in [2.75, 3.05) is 6.54 Å². The van der Waals surface area contributed by atoms with Crippen molar-refractivity contribution in [3.8, 4) is 0 Å². The average molecular weight is 445 g/mol. The molecule has 1 unspecified atom stereocenters. The highest BCUT2D eigenvalue weighted by Gasteiger charge is 2.60. The maximum Gasteiger partial charge on any atom is 0.407 e. The molecule has 1 aromatic carbocycles. The number of benzene rings is 1. The molecular weight excluding hydrogens is 423 g/mol. The highest BCUT2D eigenvalue weighted by molar-refractivity contribution is 9.10. The standard InChI is InChI=1S/C18H22BrFN2O3S/c1-17(2,3)26(25)21-15-13(9-11-5-4-6-12(19)14(11)20)22(16(23)24)10-18(15)7-8-18/h4-6,13H,7-10H2,1-3H3,(H,23,24)/b21-15+/t13?,26-/m1/s1. The van der Waals surface area contributed by atoms with Gasteiger partial charge >= 0.3 is 6.09 Å². The van der Waals surface area contributed by atoms with E-state index < -0.39 is 34.1 Å².